The van der Waals surface area contributed by atoms with E-state index in [0.717, 1.165) is 37.7 Å². The van der Waals surface area contributed by atoms with Crippen molar-refractivity contribution in [1.29, 1.82) is 0 Å². The van der Waals surface area contributed by atoms with E-state index in [1.165, 1.54) is 13.8 Å². The Morgan fingerprint density at radius 1 is 0.742 bits per heavy atom. The number of ketones is 1. The van der Waals surface area contributed by atoms with Crippen molar-refractivity contribution in [1.82, 2.24) is 0 Å². The van der Waals surface area contributed by atoms with E-state index < -0.39 is 119 Å². The third-order valence-electron chi connectivity index (χ3n) is 18.7. The number of carbonyl (C=O) groups excluding carboxylic acids is 1. The van der Waals surface area contributed by atoms with Crippen molar-refractivity contribution in [3.8, 4) is 0 Å². The number of hydrogen-bond donors (Lipinski definition) is 8. The quantitative estimate of drug-likeness (QED) is 0.154. The van der Waals surface area contributed by atoms with Crippen molar-refractivity contribution in [2.24, 2.45) is 55.7 Å². The van der Waals surface area contributed by atoms with Crippen molar-refractivity contribution in [3.63, 3.8) is 0 Å². The van der Waals surface area contributed by atoms with Gasteiger partial charge in [0.2, 0.25) is 0 Å². The van der Waals surface area contributed by atoms with Crippen LogP contribution in [0.5, 0.6) is 0 Å². The van der Waals surface area contributed by atoms with Crippen molar-refractivity contribution < 1.29 is 79.0 Å². The molecule has 7 aliphatic rings. The zero-order valence-electron chi connectivity index (χ0n) is 37.6. The highest BCUT2D eigenvalue weighted by Crippen LogP contribution is 2.75. The van der Waals surface area contributed by atoms with Crippen LogP contribution in [0.2, 0.25) is 0 Å². The van der Waals surface area contributed by atoms with E-state index in [0.29, 0.717) is 25.7 Å². The molecule has 5 aliphatic carbocycles. The van der Waals surface area contributed by atoms with Gasteiger partial charge in [-0.05, 0) is 124 Å². The van der Waals surface area contributed by atoms with Crippen molar-refractivity contribution >= 4 is 23.7 Å². The van der Waals surface area contributed by atoms with Crippen molar-refractivity contribution in [3.05, 3.63) is 11.6 Å². The van der Waals surface area contributed by atoms with Crippen LogP contribution in [-0.2, 0) is 38.1 Å². The summed E-state index contributed by atoms with van der Waals surface area (Å²) in [6, 6.07) is 0. The number of fused-ring (bicyclic) bond motifs is 7. The predicted molar refractivity (Wildman–Crippen MR) is 218 cm³/mol. The van der Waals surface area contributed by atoms with Gasteiger partial charge in [0.25, 0.3) is 0 Å². The minimum absolute atomic E-state index is 0.00881. The van der Waals surface area contributed by atoms with Crippen LogP contribution in [-0.4, -0.2) is 138 Å². The standard InChI is InChI=1S/C46H70O16/c1-39(2)25-10-13-45(8)32(24(47)18-22-23-19-41(4,37(57)58)15-14-40(23,3)16-17-44(22,45)7)42(25,5)12-11-26(39)60-38-43(6,33(51)29(50)30(61-38)35(53)54)20-59-21-46(9)34(52)28(49)27(48)31(62-46)36(55)56/h18,23,25-34,38,48-52H,10-17,19-21H2,1-9H3,(H,53,54)(H,55,56)(H,57,58). The molecule has 0 aromatic rings. The number of hydrogen-bond acceptors (Lipinski definition) is 13. The van der Waals surface area contributed by atoms with E-state index in [1.807, 2.05) is 13.0 Å². The summed E-state index contributed by atoms with van der Waals surface area (Å²) in [4.78, 5) is 51.6. The molecule has 16 heteroatoms. The molecule has 16 nitrogen and oxygen atoms in total. The molecule has 2 heterocycles. The number of aliphatic carboxylic acids is 3. The molecule has 2 aliphatic heterocycles. The second-order valence-corrected chi connectivity index (χ2v) is 22.8. The summed E-state index contributed by atoms with van der Waals surface area (Å²) in [5.74, 6) is -4.16. The van der Waals surface area contributed by atoms with Gasteiger partial charge in [0.1, 0.15) is 30.0 Å². The molecular weight excluding hydrogens is 808 g/mol. The molecule has 2 saturated heterocycles. The monoisotopic (exact) mass is 878 g/mol. The van der Waals surface area contributed by atoms with Gasteiger partial charge in [0, 0.05) is 5.92 Å². The van der Waals surface area contributed by atoms with Crippen LogP contribution in [0.15, 0.2) is 11.6 Å². The Bertz CT molecular complexity index is 1870. The highest BCUT2D eigenvalue weighted by molar-refractivity contribution is 5.95. The first-order valence-corrected chi connectivity index (χ1v) is 22.4. The Hall–Kier alpha value is -2.54. The lowest BCUT2D eigenvalue weighted by molar-refractivity contribution is -0.346. The van der Waals surface area contributed by atoms with Crippen molar-refractivity contribution in [2.75, 3.05) is 13.2 Å². The third kappa shape index (κ3) is 6.77. The van der Waals surface area contributed by atoms with Crippen LogP contribution in [0.25, 0.3) is 0 Å². The molecule has 19 unspecified atom stereocenters. The first-order chi connectivity index (χ1) is 28.5. The van der Waals surface area contributed by atoms with Gasteiger partial charge >= 0.3 is 17.9 Å². The van der Waals surface area contributed by atoms with E-state index in [-0.39, 0.29) is 34.4 Å². The fourth-order valence-electron chi connectivity index (χ4n) is 14.3. The Morgan fingerprint density at radius 2 is 1.37 bits per heavy atom. The predicted octanol–water partition coefficient (Wildman–Crippen LogP) is 3.32. The van der Waals surface area contributed by atoms with Gasteiger partial charge in [-0.1, -0.05) is 47.1 Å². The van der Waals surface area contributed by atoms with Gasteiger partial charge in [0.05, 0.1) is 36.3 Å². The van der Waals surface area contributed by atoms with Crippen LogP contribution >= 0.6 is 0 Å². The summed E-state index contributed by atoms with van der Waals surface area (Å²) in [6.07, 6.45) is -6.77. The second-order valence-electron chi connectivity index (χ2n) is 22.8. The molecular formula is C46H70O16. The maximum absolute atomic E-state index is 14.9. The Labute approximate surface area is 363 Å². The topological polar surface area (TPSA) is 267 Å². The van der Waals surface area contributed by atoms with Crippen LogP contribution in [0.1, 0.15) is 120 Å². The van der Waals surface area contributed by atoms with E-state index in [9.17, 15) is 60.0 Å². The van der Waals surface area contributed by atoms with E-state index in [2.05, 4.69) is 41.5 Å². The van der Waals surface area contributed by atoms with Gasteiger partial charge in [-0.25, -0.2) is 9.59 Å². The molecule has 7 rings (SSSR count). The highest BCUT2D eigenvalue weighted by Gasteiger charge is 2.71. The number of aliphatic hydroxyl groups is 5. The molecule has 62 heavy (non-hydrogen) atoms. The Morgan fingerprint density at radius 3 is 1.98 bits per heavy atom. The lowest BCUT2D eigenvalue weighted by Crippen LogP contribution is -2.68. The molecule has 0 radical (unpaired) electrons. The summed E-state index contributed by atoms with van der Waals surface area (Å²) >= 11 is 0. The lowest BCUT2D eigenvalue weighted by Gasteiger charge is -2.70. The van der Waals surface area contributed by atoms with Gasteiger partial charge < -0.3 is 59.8 Å². The third-order valence-corrected chi connectivity index (χ3v) is 18.7. The van der Waals surface area contributed by atoms with Gasteiger partial charge in [-0.3, -0.25) is 9.59 Å². The average Bonchev–Trinajstić information content (AvgIpc) is 3.17. The number of carbonyl (C=O) groups is 4. The molecule has 0 aromatic heterocycles. The molecule has 0 spiro atoms. The zero-order valence-corrected chi connectivity index (χ0v) is 37.6. The van der Waals surface area contributed by atoms with Gasteiger partial charge in [-0.2, -0.15) is 0 Å². The molecule has 8 N–H and O–H groups in total. The number of ether oxygens (including phenoxy) is 4. The average molecular weight is 879 g/mol. The fraction of sp³-hybridized carbons (Fsp3) is 0.870. The minimum Gasteiger partial charge on any atom is -0.481 e. The second kappa shape index (κ2) is 15.3. The summed E-state index contributed by atoms with van der Waals surface area (Å²) < 4.78 is 24.3. The normalized spacial score (nSPS) is 52.4. The minimum atomic E-state index is -1.92. The largest absolute Gasteiger partial charge is 0.481 e. The molecule has 350 valence electrons. The molecule has 6 fully saturated rings. The zero-order chi connectivity index (χ0) is 46.1. The summed E-state index contributed by atoms with van der Waals surface area (Å²) in [6.45, 7) is 16.9. The van der Waals surface area contributed by atoms with E-state index in [4.69, 9.17) is 18.9 Å². The first kappa shape index (κ1) is 47.4. The summed E-state index contributed by atoms with van der Waals surface area (Å²) in [5, 5.41) is 84.1. The van der Waals surface area contributed by atoms with E-state index in [1.54, 1.807) is 0 Å². The van der Waals surface area contributed by atoms with Gasteiger partial charge in [-0.15, -0.1) is 0 Å². The number of carboxylic acids is 3. The molecule has 0 bridgehead atoms. The Kier molecular flexibility index (Phi) is 11.7. The van der Waals surface area contributed by atoms with Crippen molar-refractivity contribution in [2.45, 2.75) is 181 Å². The lowest BCUT2D eigenvalue weighted by atomic mass is 9.33. The number of allylic oxidation sites excluding steroid dienone is 2. The SMILES string of the molecule is CC1(C(=O)O)CCC2(C)CCC3(C)C(=CC(=O)C4C5(C)CCC(OC6OC(C(=O)O)C(O)C(O)C6(C)COCC6(C)OC(C(=O)O)C(O)C(O)C6O)C(C)(C)C5CCC43C)C2C1. The first-order valence-electron chi connectivity index (χ1n) is 22.4. The number of carboxylic acid groups (broad SMARTS) is 3. The maximum Gasteiger partial charge on any atom is 0.335 e. The van der Waals surface area contributed by atoms with Crippen LogP contribution in [0.4, 0.5) is 0 Å². The van der Waals surface area contributed by atoms with Gasteiger partial charge in [0.15, 0.2) is 24.3 Å². The number of rotatable bonds is 9. The Balaban J connectivity index is 1.15. The molecule has 19 atom stereocenters. The molecule has 4 saturated carbocycles. The highest BCUT2D eigenvalue weighted by atomic mass is 16.7. The fourth-order valence-corrected chi connectivity index (χ4v) is 14.3. The summed E-state index contributed by atoms with van der Waals surface area (Å²) in [5.41, 5.74) is -5.12. The van der Waals surface area contributed by atoms with Crippen LogP contribution in [0.3, 0.4) is 0 Å². The molecule has 0 amide bonds. The smallest absolute Gasteiger partial charge is 0.335 e. The summed E-state index contributed by atoms with van der Waals surface area (Å²) in [7, 11) is 0. The number of aliphatic hydroxyl groups excluding tert-OH is 5. The maximum atomic E-state index is 14.9. The van der Waals surface area contributed by atoms with Crippen LogP contribution < -0.4 is 0 Å². The van der Waals surface area contributed by atoms with Crippen LogP contribution in [0, 0.1) is 55.7 Å². The molecule has 0 aromatic carbocycles. The van der Waals surface area contributed by atoms with E-state index >= 15 is 0 Å².